The van der Waals surface area contributed by atoms with E-state index in [9.17, 15) is 14.7 Å². The van der Waals surface area contributed by atoms with Gasteiger partial charge in [0.15, 0.2) is 0 Å². The molecule has 7 heteroatoms. The number of phenolic OH excluding ortho intramolecular Hbond substituents is 1. The van der Waals surface area contributed by atoms with Crippen LogP contribution in [-0.2, 0) is 19.1 Å². The van der Waals surface area contributed by atoms with Gasteiger partial charge in [-0.1, -0.05) is 37.5 Å². The number of imide groups is 1. The number of methoxy groups -OCH3 is 1. The van der Waals surface area contributed by atoms with E-state index in [4.69, 9.17) is 9.47 Å². The summed E-state index contributed by atoms with van der Waals surface area (Å²) in [5, 5.41) is 9.71. The molecule has 1 aromatic heterocycles. The molecular weight excluding hydrogens is 504 g/mol. The lowest BCUT2D eigenvalue weighted by atomic mass is 9.69. The molecule has 1 N–H and O–H groups in total. The molecule has 210 valence electrons. The number of amides is 2. The molecule has 2 saturated heterocycles. The summed E-state index contributed by atoms with van der Waals surface area (Å²) in [5.41, 5.74) is 5.28. The molecule has 0 radical (unpaired) electrons. The van der Waals surface area contributed by atoms with Gasteiger partial charge in [-0.3, -0.25) is 19.5 Å². The topological polar surface area (TPSA) is 89.0 Å². The largest absolute Gasteiger partial charge is 0.508 e. The minimum Gasteiger partial charge on any atom is -0.508 e. The number of phenols is 1. The Balaban J connectivity index is 1.25. The molecule has 3 heterocycles. The van der Waals surface area contributed by atoms with Crippen LogP contribution in [0.3, 0.4) is 0 Å². The predicted octanol–water partition coefficient (Wildman–Crippen LogP) is 5.40. The lowest BCUT2D eigenvalue weighted by Gasteiger charge is -2.31. The number of pyridine rings is 1. The smallest absolute Gasteiger partial charge is 0.234 e. The fourth-order valence-corrected chi connectivity index (χ4v) is 7.39. The number of carbonyl (C=O) groups excluding carboxylic acids is 2. The standard InChI is InChI=1S/C33H38N2O5/c1-39-19-23-18-26-31(33(38)35(32(26)37)24-7-3-2-4-8-24)27-20-40-29(30(23)27)15-12-22(28-9-5-6-16-34-28)17-21-10-13-25(36)14-11-21/h5-6,9-11,13-14,16-17,24,26-27,29,31,36H,2-4,7-8,12,15,18-20H2,1H3/b22-17-/t26-,27+,29-,31-/m1/s1. The van der Waals surface area contributed by atoms with E-state index in [1.54, 1.807) is 30.3 Å². The molecular formula is C33H38N2O5. The molecule has 2 aliphatic carbocycles. The third-order valence-electron chi connectivity index (χ3n) is 9.20. The van der Waals surface area contributed by atoms with Crippen molar-refractivity contribution < 1.29 is 24.2 Å². The van der Waals surface area contributed by atoms with E-state index in [-0.39, 0.29) is 47.5 Å². The van der Waals surface area contributed by atoms with E-state index in [0.717, 1.165) is 60.9 Å². The summed E-state index contributed by atoms with van der Waals surface area (Å²) < 4.78 is 12.0. The molecule has 1 saturated carbocycles. The summed E-state index contributed by atoms with van der Waals surface area (Å²) >= 11 is 0. The van der Waals surface area contributed by atoms with Crippen LogP contribution in [0.25, 0.3) is 11.6 Å². The molecule has 2 aliphatic heterocycles. The van der Waals surface area contributed by atoms with Gasteiger partial charge in [0.1, 0.15) is 5.75 Å². The molecule has 3 fully saturated rings. The van der Waals surface area contributed by atoms with Crippen molar-refractivity contribution in [3.8, 4) is 5.75 Å². The van der Waals surface area contributed by atoms with E-state index >= 15 is 0 Å². The maximum Gasteiger partial charge on any atom is 0.234 e. The monoisotopic (exact) mass is 542 g/mol. The summed E-state index contributed by atoms with van der Waals surface area (Å²) in [5.74, 6) is -0.416. The highest BCUT2D eigenvalue weighted by molar-refractivity contribution is 6.06. The highest BCUT2D eigenvalue weighted by atomic mass is 16.5. The Labute approximate surface area is 235 Å². The molecule has 6 rings (SSSR count). The average Bonchev–Trinajstić information content (AvgIpc) is 3.51. The number of likely N-dealkylation sites (tertiary alicyclic amines) is 1. The van der Waals surface area contributed by atoms with Crippen molar-refractivity contribution in [1.82, 2.24) is 9.88 Å². The fourth-order valence-electron chi connectivity index (χ4n) is 7.39. The maximum atomic E-state index is 13.8. The third kappa shape index (κ3) is 5.13. The van der Waals surface area contributed by atoms with Gasteiger partial charge in [0.25, 0.3) is 0 Å². The zero-order valence-corrected chi connectivity index (χ0v) is 23.1. The first kappa shape index (κ1) is 26.9. The predicted molar refractivity (Wildman–Crippen MR) is 152 cm³/mol. The number of hydrogen-bond donors (Lipinski definition) is 1. The first-order valence-corrected chi connectivity index (χ1v) is 14.7. The van der Waals surface area contributed by atoms with E-state index in [1.807, 2.05) is 30.3 Å². The van der Waals surface area contributed by atoms with Gasteiger partial charge in [-0.05, 0) is 84.7 Å². The SMILES string of the molecule is COCC1=C2[C@@H](CC/C(=C/c3ccc(O)cc3)c3ccccn3)OC[C@@H]2[C@@H]2C(=O)N(C3CCCCC3)C(=O)[C@@H]2C1. The Morgan fingerprint density at radius 1 is 1.07 bits per heavy atom. The van der Waals surface area contributed by atoms with Crippen LogP contribution in [0.2, 0.25) is 0 Å². The summed E-state index contributed by atoms with van der Waals surface area (Å²) in [4.78, 5) is 33.7. The summed E-state index contributed by atoms with van der Waals surface area (Å²) in [6.07, 6.45) is 11.0. The van der Waals surface area contributed by atoms with Gasteiger partial charge in [0.2, 0.25) is 11.8 Å². The van der Waals surface area contributed by atoms with Gasteiger partial charge in [0, 0.05) is 25.3 Å². The highest BCUT2D eigenvalue weighted by Gasteiger charge is 2.58. The number of ether oxygens (including phenoxy) is 2. The molecule has 7 nitrogen and oxygen atoms in total. The van der Waals surface area contributed by atoms with Crippen LogP contribution >= 0.6 is 0 Å². The van der Waals surface area contributed by atoms with E-state index < -0.39 is 0 Å². The van der Waals surface area contributed by atoms with Crippen LogP contribution in [0.5, 0.6) is 5.75 Å². The second-order valence-corrected chi connectivity index (χ2v) is 11.6. The number of aromatic hydroxyl groups is 1. The van der Waals surface area contributed by atoms with Crippen molar-refractivity contribution in [2.75, 3.05) is 20.3 Å². The number of carbonyl (C=O) groups is 2. The number of allylic oxidation sites excluding steroid dienone is 1. The van der Waals surface area contributed by atoms with Gasteiger partial charge in [-0.15, -0.1) is 0 Å². The lowest BCUT2D eigenvalue weighted by Crippen LogP contribution is -2.42. The zero-order chi connectivity index (χ0) is 27.6. The van der Waals surface area contributed by atoms with E-state index in [1.165, 1.54) is 12.0 Å². The molecule has 1 aromatic carbocycles. The van der Waals surface area contributed by atoms with Gasteiger partial charge in [-0.2, -0.15) is 0 Å². The Morgan fingerprint density at radius 2 is 1.88 bits per heavy atom. The Hall–Kier alpha value is -3.29. The maximum absolute atomic E-state index is 13.8. The van der Waals surface area contributed by atoms with Crippen LogP contribution in [0.4, 0.5) is 0 Å². The number of fused-ring (bicyclic) bond motifs is 3. The minimum atomic E-state index is -0.321. The number of rotatable bonds is 8. The zero-order valence-electron chi connectivity index (χ0n) is 23.1. The van der Waals surface area contributed by atoms with Crippen LogP contribution < -0.4 is 0 Å². The summed E-state index contributed by atoms with van der Waals surface area (Å²) in [6, 6.07) is 13.1. The fraction of sp³-hybridized carbons (Fsp3) is 0.485. The number of nitrogens with zero attached hydrogens (tertiary/aromatic N) is 2. The van der Waals surface area contributed by atoms with Crippen LogP contribution in [-0.4, -0.2) is 59.3 Å². The van der Waals surface area contributed by atoms with Crippen molar-refractivity contribution in [2.24, 2.45) is 17.8 Å². The normalized spacial score (nSPS) is 27.3. The second-order valence-electron chi connectivity index (χ2n) is 11.6. The molecule has 40 heavy (non-hydrogen) atoms. The van der Waals surface area contributed by atoms with Gasteiger partial charge < -0.3 is 14.6 Å². The molecule has 0 spiro atoms. The van der Waals surface area contributed by atoms with E-state index in [0.29, 0.717) is 19.6 Å². The number of aromatic nitrogens is 1. The Kier molecular flexibility index (Phi) is 7.85. The molecule has 0 bridgehead atoms. The molecule has 0 unspecified atom stereocenters. The average molecular weight is 543 g/mol. The van der Waals surface area contributed by atoms with Crippen molar-refractivity contribution in [1.29, 1.82) is 0 Å². The molecule has 2 amide bonds. The number of hydrogen-bond acceptors (Lipinski definition) is 6. The van der Waals surface area contributed by atoms with Crippen molar-refractivity contribution in [3.05, 3.63) is 71.1 Å². The summed E-state index contributed by atoms with van der Waals surface area (Å²) in [7, 11) is 1.69. The second kappa shape index (κ2) is 11.7. The van der Waals surface area contributed by atoms with Gasteiger partial charge >= 0.3 is 0 Å². The molecule has 4 aliphatic rings. The van der Waals surface area contributed by atoms with Crippen LogP contribution in [0.15, 0.2) is 59.8 Å². The first-order valence-electron chi connectivity index (χ1n) is 14.7. The molecule has 2 aromatic rings. The van der Waals surface area contributed by atoms with E-state index in [2.05, 4.69) is 11.1 Å². The van der Waals surface area contributed by atoms with Crippen LogP contribution in [0.1, 0.15) is 62.6 Å². The lowest BCUT2D eigenvalue weighted by molar-refractivity contribution is -0.143. The van der Waals surface area contributed by atoms with Gasteiger partial charge in [0.05, 0.1) is 36.8 Å². The Morgan fingerprint density at radius 3 is 2.60 bits per heavy atom. The van der Waals surface area contributed by atoms with Crippen molar-refractivity contribution >= 4 is 23.5 Å². The third-order valence-corrected chi connectivity index (χ3v) is 9.20. The van der Waals surface area contributed by atoms with Crippen molar-refractivity contribution in [3.63, 3.8) is 0 Å². The minimum absolute atomic E-state index is 0.0199. The quantitative estimate of drug-likeness (QED) is 0.355. The van der Waals surface area contributed by atoms with Crippen LogP contribution in [0, 0.1) is 17.8 Å². The highest BCUT2D eigenvalue weighted by Crippen LogP contribution is 2.51. The Bertz CT molecular complexity index is 1300. The summed E-state index contributed by atoms with van der Waals surface area (Å²) in [6.45, 7) is 0.919. The number of benzene rings is 1. The van der Waals surface area contributed by atoms with Gasteiger partial charge in [-0.25, -0.2) is 0 Å². The first-order chi connectivity index (χ1) is 19.5. The molecule has 4 atom stereocenters. The van der Waals surface area contributed by atoms with Crippen molar-refractivity contribution in [2.45, 2.75) is 63.5 Å².